The fraction of sp³-hybridized carbons (Fsp3) is 0.302. The van der Waals surface area contributed by atoms with Gasteiger partial charge in [-0.1, -0.05) is 24.3 Å². The molecular formula is C43H38F2N4O5S. The van der Waals surface area contributed by atoms with Crippen molar-refractivity contribution in [2.24, 2.45) is 5.41 Å². The summed E-state index contributed by atoms with van der Waals surface area (Å²) in [6, 6.07) is 21.7. The monoisotopic (exact) mass is 760 g/mol. The SMILES string of the molecule is O=C(Cc1c(F)cccc1F)c1cc2c(s1)-c1ccccc1N(C(=O)c1ccc(NC(=O)c3cc4c(nc3N3CC5(CCOCC5)C3)CCOC4)cc1)CC2. The molecule has 0 aliphatic carbocycles. The molecule has 2 amide bonds. The second kappa shape index (κ2) is 14.4. The Morgan fingerprint density at radius 2 is 1.62 bits per heavy atom. The second-order valence-electron chi connectivity index (χ2n) is 14.8. The van der Waals surface area contributed by atoms with Crippen molar-refractivity contribution >= 4 is 46.1 Å². The first-order valence-corrected chi connectivity index (χ1v) is 19.4. The van der Waals surface area contributed by atoms with Crippen molar-refractivity contribution in [3.8, 4) is 10.4 Å². The van der Waals surface area contributed by atoms with Crippen LogP contribution in [0.3, 0.4) is 0 Å². The van der Waals surface area contributed by atoms with Crippen LogP contribution in [0.2, 0.25) is 0 Å². The molecule has 6 heterocycles. The number of nitrogens with zero attached hydrogens (tertiary/aromatic N) is 3. The van der Waals surface area contributed by atoms with E-state index >= 15 is 0 Å². The number of thiophene rings is 1. The van der Waals surface area contributed by atoms with Crippen molar-refractivity contribution in [3.63, 3.8) is 0 Å². The van der Waals surface area contributed by atoms with E-state index in [-0.39, 0.29) is 35.0 Å². The molecule has 3 aromatic carbocycles. The molecule has 0 bridgehead atoms. The third kappa shape index (κ3) is 6.72. The molecule has 0 unspecified atom stereocenters. The van der Waals surface area contributed by atoms with Gasteiger partial charge in [0.25, 0.3) is 11.8 Å². The quantitative estimate of drug-likeness (QED) is 0.170. The first-order valence-electron chi connectivity index (χ1n) is 18.6. The van der Waals surface area contributed by atoms with Gasteiger partial charge in [0, 0.05) is 83.9 Å². The van der Waals surface area contributed by atoms with Crippen LogP contribution < -0.4 is 15.1 Å². The lowest BCUT2D eigenvalue weighted by Crippen LogP contribution is -2.59. The number of amides is 2. The Balaban J connectivity index is 0.920. The predicted octanol–water partition coefficient (Wildman–Crippen LogP) is 7.66. The summed E-state index contributed by atoms with van der Waals surface area (Å²) < 4.78 is 39.9. The first kappa shape index (κ1) is 35.4. The van der Waals surface area contributed by atoms with E-state index in [9.17, 15) is 23.2 Å². The lowest BCUT2D eigenvalue weighted by molar-refractivity contribution is -0.000550. The molecule has 9 rings (SSSR count). The molecule has 0 saturated carbocycles. The number of anilines is 3. The van der Waals surface area contributed by atoms with Crippen LogP contribution in [-0.4, -0.2) is 62.0 Å². The van der Waals surface area contributed by atoms with Crippen molar-refractivity contribution in [2.45, 2.75) is 38.7 Å². The maximum Gasteiger partial charge on any atom is 0.259 e. The largest absolute Gasteiger partial charge is 0.381 e. The highest BCUT2D eigenvalue weighted by Gasteiger charge is 2.45. The Labute approximate surface area is 320 Å². The van der Waals surface area contributed by atoms with E-state index in [0.717, 1.165) is 78.5 Å². The number of fused-ring (bicyclic) bond motifs is 4. The standard InChI is InChI=1S/C43H38F2N4O5S/c44-33-5-3-6-34(45)31(33)22-37(50)38-21-27-12-16-49(36-7-2-1-4-30(36)39(27)55-38)42(52)26-8-10-29(11-9-26)46-41(51)32-20-28-23-54-17-13-35(28)47-40(32)48-24-43(25-48)14-18-53-19-15-43/h1-11,20-21H,12-19,22-25H2,(H,46,51). The first-order chi connectivity index (χ1) is 26.7. The van der Waals surface area contributed by atoms with Crippen LogP contribution in [0.1, 0.15) is 65.6 Å². The van der Waals surface area contributed by atoms with Crippen molar-refractivity contribution in [1.82, 2.24) is 4.98 Å². The molecule has 9 nitrogen and oxygen atoms in total. The Bertz CT molecular complexity index is 2310. The van der Waals surface area contributed by atoms with Gasteiger partial charge in [-0.05, 0) is 79.4 Å². The fourth-order valence-electron chi connectivity index (χ4n) is 8.16. The molecular weight excluding hydrogens is 723 g/mol. The summed E-state index contributed by atoms with van der Waals surface area (Å²) in [5.41, 5.74) is 5.78. The van der Waals surface area contributed by atoms with Crippen LogP contribution in [0.15, 0.2) is 78.9 Å². The minimum Gasteiger partial charge on any atom is -0.381 e. The summed E-state index contributed by atoms with van der Waals surface area (Å²) >= 11 is 1.27. The molecule has 1 spiro atoms. The molecule has 1 N–H and O–H groups in total. The molecule has 0 atom stereocenters. The average Bonchev–Trinajstić information content (AvgIpc) is 3.56. The molecule has 280 valence electrons. The number of hydrogen-bond donors (Lipinski definition) is 1. The number of benzene rings is 3. The van der Waals surface area contributed by atoms with Gasteiger partial charge in [-0.3, -0.25) is 14.4 Å². The zero-order valence-electron chi connectivity index (χ0n) is 30.0. The van der Waals surface area contributed by atoms with Gasteiger partial charge in [0.15, 0.2) is 5.78 Å². The number of pyridine rings is 1. The molecule has 0 radical (unpaired) electrons. The van der Waals surface area contributed by atoms with E-state index < -0.39 is 11.6 Å². The molecule has 2 fully saturated rings. The average molecular weight is 761 g/mol. The van der Waals surface area contributed by atoms with E-state index in [1.54, 1.807) is 35.2 Å². The molecule has 55 heavy (non-hydrogen) atoms. The second-order valence-corrected chi connectivity index (χ2v) is 15.8. The lowest BCUT2D eigenvalue weighted by atomic mass is 9.73. The fourth-order valence-corrected chi connectivity index (χ4v) is 9.34. The smallest absolute Gasteiger partial charge is 0.259 e. The van der Waals surface area contributed by atoms with Crippen LogP contribution in [0.4, 0.5) is 26.0 Å². The van der Waals surface area contributed by atoms with Crippen molar-refractivity contribution in [3.05, 3.63) is 129 Å². The number of ether oxygens (including phenoxy) is 2. The van der Waals surface area contributed by atoms with Gasteiger partial charge in [-0.25, -0.2) is 13.8 Å². The number of carbonyl (C=O) groups excluding carboxylic acids is 3. The van der Waals surface area contributed by atoms with Crippen molar-refractivity contribution in [2.75, 3.05) is 54.6 Å². The third-order valence-corrected chi connectivity index (χ3v) is 12.5. The topological polar surface area (TPSA) is 101 Å². The number of para-hydroxylation sites is 1. The Morgan fingerprint density at radius 3 is 2.40 bits per heavy atom. The van der Waals surface area contributed by atoms with E-state index in [2.05, 4.69) is 10.2 Å². The summed E-state index contributed by atoms with van der Waals surface area (Å²) in [7, 11) is 0. The highest BCUT2D eigenvalue weighted by molar-refractivity contribution is 7.17. The van der Waals surface area contributed by atoms with Crippen molar-refractivity contribution < 1.29 is 32.6 Å². The maximum absolute atomic E-state index is 14.3. The minimum absolute atomic E-state index is 0.201. The van der Waals surface area contributed by atoms with Gasteiger partial charge in [-0.15, -0.1) is 11.3 Å². The number of nitrogens with one attached hydrogen (secondary N) is 1. The number of hydrogen-bond acceptors (Lipinski definition) is 8. The molecule has 2 aromatic heterocycles. The summed E-state index contributed by atoms with van der Waals surface area (Å²) in [4.78, 5) is 51.4. The molecule has 12 heteroatoms. The molecule has 4 aliphatic rings. The number of Topliss-reactive ketones (excluding diaryl/α,β-unsaturated/α-hetero) is 1. The van der Waals surface area contributed by atoms with E-state index in [0.29, 0.717) is 65.8 Å². The van der Waals surface area contributed by atoms with Gasteiger partial charge in [0.2, 0.25) is 0 Å². The summed E-state index contributed by atoms with van der Waals surface area (Å²) in [5.74, 6) is -1.63. The van der Waals surface area contributed by atoms with Gasteiger partial charge in [0.1, 0.15) is 17.5 Å². The summed E-state index contributed by atoms with van der Waals surface area (Å²) in [6.45, 7) is 4.61. The molecule has 2 saturated heterocycles. The van der Waals surface area contributed by atoms with Crippen LogP contribution in [-0.2, 0) is 35.3 Å². The van der Waals surface area contributed by atoms with Gasteiger partial charge < -0.3 is 24.6 Å². The Kier molecular flexibility index (Phi) is 9.27. The highest BCUT2D eigenvalue weighted by atomic mass is 32.1. The van der Waals surface area contributed by atoms with Gasteiger partial charge in [-0.2, -0.15) is 0 Å². The maximum atomic E-state index is 14.3. The number of ketones is 1. The van der Waals surface area contributed by atoms with Crippen LogP contribution in [0, 0.1) is 17.0 Å². The summed E-state index contributed by atoms with van der Waals surface area (Å²) in [6.07, 6.45) is 2.83. The van der Waals surface area contributed by atoms with E-state index in [1.165, 1.54) is 17.4 Å². The third-order valence-electron chi connectivity index (χ3n) is 11.2. The van der Waals surface area contributed by atoms with Gasteiger partial charge in [0.05, 0.1) is 35.0 Å². The normalized spacial score (nSPS) is 17.1. The number of carbonyl (C=O) groups is 3. The zero-order valence-corrected chi connectivity index (χ0v) is 30.9. The molecule has 5 aromatic rings. The van der Waals surface area contributed by atoms with Crippen LogP contribution in [0.25, 0.3) is 10.4 Å². The lowest BCUT2D eigenvalue weighted by Gasteiger charge is -2.53. The summed E-state index contributed by atoms with van der Waals surface area (Å²) in [5, 5.41) is 3.04. The number of rotatable bonds is 7. The molecule has 4 aliphatic heterocycles. The Hall–Kier alpha value is -5.30. The number of aromatic nitrogens is 1. The van der Waals surface area contributed by atoms with Crippen LogP contribution in [0.5, 0.6) is 0 Å². The predicted molar refractivity (Wildman–Crippen MR) is 206 cm³/mol. The van der Waals surface area contributed by atoms with E-state index in [1.807, 2.05) is 30.3 Å². The van der Waals surface area contributed by atoms with Crippen molar-refractivity contribution in [1.29, 1.82) is 0 Å². The highest BCUT2D eigenvalue weighted by Crippen LogP contribution is 2.44. The Morgan fingerprint density at radius 1 is 0.855 bits per heavy atom. The van der Waals surface area contributed by atoms with E-state index in [4.69, 9.17) is 14.5 Å². The zero-order chi connectivity index (χ0) is 37.7. The van der Waals surface area contributed by atoms with Crippen LogP contribution >= 0.6 is 11.3 Å². The minimum atomic E-state index is -0.747. The van der Waals surface area contributed by atoms with Gasteiger partial charge >= 0.3 is 0 Å². The number of halogens is 2.